The van der Waals surface area contributed by atoms with E-state index in [1.807, 2.05) is 0 Å². The molecule has 0 amide bonds. The maximum Gasteiger partial charge on any atom is 0.172 e. The molecule has 1 aromatic carbocycles. The van der Waals surface area contributed by atoms with Crippen molar-refractivity contribution in [2.45, 2.75) is 13.0 Å². The lowest BCUT2D eigenvalue weighted by atomic mass is 10.1. The summed E-state index contributed by atoms with van der Waals surface area (Å²) in [6.07, 6.45) is 0. The van der Waals surface area contributed by atoms with Gasteiger partial charge in [-0.25, -0.2) is 4.39 Å². The molecule has 1 atom stereocenters. The Morgan fingerprint density at radius 3 is 2.69 bits per heavy atom. The number of nitrogens with two attached hydrogens (primary N) is 1. The zero-order valence-electron chi connectivity index (χ0n) is 8.74. The fraction of sp³-hybridized carbons (Fsp3) is 0.400. The number of hydrogen-bond donors (Lipinski definition) is 2. The highest BCUT2D eigenvalue weighted by Crippen LogP contribution is 2.36. The van der Waals surface area contributed by atoms with Crippen LogP contribution in [0.4, 0.5) is 4.39 Å². The van der Waals surface area contributed by atoms with Gasteiger partial charge in [-0.1, -0.05) is 0 Å². The Kier molecular flexibility index (Phi) is 6.71. The number of phenols is 1. The fourth-order valence-electron chi connectivity index (χ4n) is 1.16. The summed E-state index contributed by atoms with van der Waals surface area (Å²) >= 11 is 3.16. The van der Waals surface area contributed by atoms with Crippen molar-refractivity contribution >= 4 is 28.3 Å². The van der Waals surface area contributed by atoms with Crippen LogP contribution in [0.15, 0.2) is 16.6 Å². The van der Waals surface area contributed by atoms with E-state index in [-0.39, 0.29) is 18.2 Å². The Labute approximate surface area is 108 Å². The van der Waals surface area contributed by atoms with E-state index in [4.69, 9.17) is 10.5 Å². The predicted octanol–water partition coefficient (Wildman–Crippen LogP) is 2.94. The SMILES string of the molecule is CCOc1cc([C@@H](N)CF)cc(Br)c1O.Cl. The molecule has 0 saturated heterocycles. The van der Waals surface area contributed by atoms with Crippen molar-refractivity contribution < 1.29 is 14.2 Å². The first-order chi connectivity index (χ1) is 7.10. The van der Waals surface area contributed by atoms with Crippen LogP contribution in [0.3, 0.4) is 0 Å². The summed E-state index contributed by atoms with van der Waals surface area (Å²) in [7, 11) is 0. The second-order valence-electron chi connectivity index (χ2n) is 3.04. The van der Waals surface area contributed by atoms with E-state index >= 15 is 0 Å². The van der Waals surface area contributed by atoms with E-state index in [0.29, 0.717) is 22.4 Å². The number of aromatic hydroxyl groups is 1. The molecule has 3 N–H and O–H groups in total. The molecule has 1 aromatic rings. The summed E-state index contributed by atoms with van der Waals surface area (Å²) in [6.45, 7) is 1.58. The van der Waals surface area contributed by atoms with Gasteiger partial charge in [0, 0.05) is 0 Å². The summed E-state index contributed by atoms with van der Waals surface area (Å²) in [5.41, 5.74) is 6.13. The van der Waals surface area contributed by atoms with Gasteiger partial charge in [0.05, 0.1) is 17.1 Å². The van der Waals surface area contributed by atoms with E-state index < -0.39 is 12.7 Å². The van der Waals surface area contributed by atoms with E-state index in [1.54, 1.807) is 19.1 Å². The van der Waals surface area contributed by atoms with Gasteiger partial charge in [0.1, 0.15) is 6.67 Å². The Hall–Kier alpha value is -0.520. The van der Waals surface area contributed by atoms with Crippen molar-refractivity contribution in [2.24, 2.45) is 5.73 Å². The van der Waals surface area contributed by atoms with Gasteiger partial charge in [0.2, 0.25) is 0 Å². The molecule has 16 heavy (non-hydrogen) atoms. The molecule has 0 bridgehead atoms. The monoisotopic (exact) mass is 313 g/mol. The van der Waals surface area contributed by atoms with Gasteiger partial charge >= 0.3 is 0 Å². The molecule has 0 aromatic heterocycles. The first-order valence-electron chi connectivity index (χ1n) is 4.56. The Bertz CT molecular complexity index is 352. The van der Waals surface area contributed by atoms with Crippen LogP contribution in [0.5, 0.6) is 11.5 Å². The normalized spacial score (nSPS) is 11.8. The fourth-order valence-corrected chi connectivity index (χ4v) is 1.62. The predicted molar refractivity (Wildman–Crippen MR) is 67.1 cm³/mol. The first kappa shape index (κ1) is 15.5. The van der Waals surface area contributed by atoms with E-state index in [1.165, 1.54) is 0 Å². The third kappa shape index (κ3) is 3.50. The number of benzene rings is 1. The Balaban J connectivity index is 0.00000225. The van der Waals surface area contributed by atoms with Crippen LogP contribution in [0.25, 0.3) is 0 Å². The third-order valence-electron chi connectivity index (χ3n) is 1.94. The quantitative estimate of drug-likeness (QED) is 0.898. The molecule has 3 nitrogen and oxygen atoms in total. The molecule has 0 radical (unpaired) electrons. The highest BCUT2D eigenvalue weighted by atomic mass is 79.9. The van der Waals surface area contributed by atoms with E-state index in [0.717, 1.165) is 0 Å². The summed E-state index contributed by atoms with van der Waals surface area (Å²) in [5, 5.41) is 9.60. The highest BCUT2D eigenvalue weighted by Gasteiger charge is 2.13. The van der Waals surface area contributed by atoms with Gasteiger partial charge in [0.25, 0.3) is 0 Å². The van der Waals surface area contributed by atoms with Crippen molar-refractivity contribution in [3.05, 3.63) is 22.2 Å². The van der Waals surface area contributed by atoms with Crippen LogP contribution < -0.4 is 10.5 Å². The molecule has 0 fully saturated rings. The molecule has 1 rings (SSSR count). The van der Waals surface area contributed by atoms with Crippen LogP contribution in [-0.4, -0.2) is 18.4 Å². The number of rotatable bonds is 4. The molecule has 0 heterocycles. The maximum absolute atomic E-state index is 12.4. The zero-order chi connectivity index (χ0) is 11.4. The molecule has 0 spiro atoms. The molecule has 0 aliphatic carbocycles. The lowest BCUT2D eigenvalue weighted by Gasteiger charge is -2.13. The van der Waals surface area contributed by atoms with Gasteiger partial charge in [-0.05, 0) is 40.5 Å². The maximum atomic E-state index is 12.4. The van der Waals surface area contributed by atoms with Gasteiger partial charge < -0.3 is 15.6 Å². The smallest absolute Gasteiger partial charge is 0.172 e. The van der Waals surface area contributed by atoms with Crippen LogP contribution in [0.1, 0.15) is 18.5 Å². The minimum atomic E-state index is -0.693. The molecule has 0 aliphatic heterocycles. The van der Waals surface area contributed by atoms with Crippen molar-refractivity contribution in [3.8, 4) is 11.5 Å². The largest absolute Gasteiger partial charge is 0.503 e. The van der Waals surface area contributed by atoms with Crippen molar-refractivity contribution in [3.63, 3.8) is 0 Å². The van der Waals surface area contributed by atoms with Gasteiger partial charge in [-0.15, -0.1) is 12.4 Å². The van der Waals surface area contributed by atoms with Gasteiger partial charge in [-0.2, -0.15) is 0 Å². The van der Waals surface area contributed by atoms with Crippen molar-refractivity contribution in [1.29, 1.82) is 0 Å². The molecular formula is C10H14BrClFNO2. The number of hydrogen-bond acceptors (Lipinski definition) is 3. The topological polar surface area (TPSA) is 55.5 Å². The van der Waals surface area contributed by atoms with Gasteiger partial charge in [0.15, 0.2) is 11.5 Å². The summed E-state index contributed by atoms with van der Waals surface area (Å²) < 4.78 is 18.0. The lowest BCUT2D eigenvalue weighted by molar-refractivity contribution is 0.316. The average Bonchev–Trinajstić information content (AvgIpc) is 2.23. The van der Waals surface area contributed by atoms with Crippen LogP contribution >= 0.6 is 28.3 Å². The van der Waals surface area contributed by atoms with Crippen LogP contribution in [-0.2, 0) is 0 Å². The van der Waals surface area contributed by atoms with Gasteiger partial charge in [-0.3, -0.25) is 0 Å². The standard InChI is InChI=1S/C10H13BrFNO2.ClH/c1-2-15-9-4-6(8(13)5-12)3-7(11)10(9)14;/h3-4,8,14H,2,5,13H2,1H3;1H/t8-;/m0./s1. The summed E-state index contributed by atoms with van der Waals surface area (Å²) in [6, 6.07) is 2.44. The average molecular weight is 315 g/mol. The number of ether oxygens (including phenoxy) is 1. The molecular weight excluding hydrogens is 300 g/mol. The Morgan fingerprint density at radius 1 is 1.56 bits per heavy atom. The zero-order valence-corrected chi connectivity index (χ0v) is 11.1. The van der Waals surface area contributed by atoms with Crippen molar-refractivity contribution in [1.82, 2.24) is 0 Å². The second-order valence-corrected chi connectivity index (χ2v) is 3.90. The number of halogens is 3. The van der Waals surface area contributed by atoms with E-state index in [9.17, 15) is 9.50 Å². The number of alkyl halides is 1. The molecule has 0 saturated carbocycles. The molecule has 0 unspecified atom stereocenters. The highest BCUT2D eigenvalue weighted by molar-refractivity contribution is 9.10. The summed E-state index contributed by atoms with van der Waals surface area (Å²) in [4.78, 5) is 0. The summed E-state index contributed by atoms with van der Waals surface area (Å²) in [5.74, 6) is 0.317. The number of phenolic OH excluding ortho intramolecular Hbond substituents is 1. The third-order valence-corrected chi connectivity index (χ3v) is 2.55. The Morgan fingerprint density at radius 2 is 2.19 bits per heavy atom. The molecule has 0 aliphatic rings. The van der Waals surface area contributed by atoms with Crippen molar-refractivity contribution in [2.75, 3.05) is 13.3 Å². The first-order valence-corrected chi connectivity index (χ1v) is 5.36. The lowest BCUT2D eigenvalue weighted by Crippen LogP contribution is -2.12. The molecule has 92 valence electrons. The second kappa shape index (κ2) is 6.93. The van der Waals surface area contributed by atoms with Crippen LogP contribution in [0.2, 0.25) is 0 Å². The molecule has 6 heteroatoms. The van der Waals surface area contributed by atoms with Crippen LogP contribution in [0, 0.1) is 0 Å². The minimum Gasteiger partial charge on any atom is -0.503 e. The van der Waals surface area contributed by atoms with E-state index in [2.05, 4.69) is 15.9 Å². The minimum absolute atomic E-state index is 0.